The summed E-state index contributed by atoms with van der Waals surface area (Å²) in [7, 11) is 2.14. The third kappa shape index (κ3) is 2.01. The van der Waals surface area contributed by atoms with Crippen molar-refractivity contribution in [2.45, 2.75) is 45.2 Å². The smallest absolute Gasteiger partial charge is 0.0361 e. The van der Waals surface area contributed by atoms with Gasteiger partial charge < -0.3 is 9.88 Å². The van der Waals surface area contributed by atoms with Crippen LogP contribution in [-0.2, 0) is 13.6 Å². The van der Waals surface area contributed by atoms with Crippen LogP contribution >= 0.6 is 0 Å². The zero-order valence-corrected chi connectivity index (χ0v) is 9.21. The molecule has 2 rings (SSSR count). The van der Waals surface area contributed by atoms with Crippen LogP contribution in [0.2, 0.25) is 0 Å². The SMILES string of the molecule is Cc1ccc(CNC2CCCC2)n1C. The fourth-order valence-electron chi connectivity index (χ4n) is 2.22. The lowest BCUT2D eigenvalue weighted by molar-refractivity contribution is 0.512. The third-order valence-corrected chi connectivity index (χ3v) is 3.40. The zero-order chi connectivity index (χ0) is 9.97. The zero-order valence-electron chi connectivity index (χ0n) is 9.21. The largest absolute Gasteiger partial charge is 0.351 e. The maximum atomic E-state index is 3.63. The van der Waals surface area contributed by atoms with Crippen molar-refractivity contribution in [3.8, 4) is 0 Å². The molecule has 0 unspecified atom stereocenters. The number of aromatic nitrogens is 1. The van der Waals surface area contributed by atoms with Crippen molar-refractivity contribution in [1.29, 1.82) is 0 Å². The van der Waals surface area contributed by atoms with Crippen LogP contribution in [0.4, 0.5) is 0 Å². The number of hydrogen-bond donors (Lipinski definition) is 1. The summed E-state index contributed by atoms with van der Waals surface area (Å²) >= 11 is 0. The Morgan fingerprint density at radius 1 is 1.36 bits per heavy atom. The summed E-state index contributed by atoms with van der Waals surface area (Å²) < 4.78 is 2.27. The first kappa shape index (κ1) is 9.78. The molecule has 0 amide bonds. The molecule has 2 nitrogen and oxygen atoms in total. The summed E-state index contributed by atoms with van der Waals surface area (Å²) in [4.78, 5) is 0. The Kier molecular flexibility index (Phi) is 2.92. The topological polar surface area (TPSA) is 17.0 Å². The van der Waals surface area contributed by atoms with Crippen molar-refractivity contribution < 1.29 is 0 Å². The van der Waals surface area contributed by atoms with Crippen molar-refractivity contribution in [3.05, 3.63) is 23.5 Å². The normalized spacial score (nSPS) is 17.9. The molecule has 1 fully saturated rings. The highest BCUT2D eigenvalue weighted by molar-refractivity contribution is 5.14. The molecule has 0 bridgehead atoms. The molecular weight excluding hydrogens is 172 g/mol. The van der Waals surface area contributed by atoms with Gasteiger partial charge in [-0.25, -0.2) is 0 Å². The summed E-state index contributed by atoms with van der Waals surface area (Å²) in [5.41, 5.74) is 2.74. The van der Waals surface area contributed by atoms with E-state index in [-0.39, 0.29) is 0 Å². The van der Waals surface area contributed by atoms with E-state index in [2.05, 4.69) is 36.0 Å². The number of hydrogen-bond acceptors (Lipinski definition) is 1. The van der Waals surface area contributed by atoms with Crippen LogP contribution in [0.1, 0.15) is 37.1 Å². The molecule has 2 heteroatoms. The number of nitrogens with one attached hydrogen (secondary N) is 1. The quantitative estimate of drug-likeness (QED) is 0.778. The van der Waals surface area contributed by atoms with Gasteiger partial charge in [0, 0.05) is 31.0 Å². The number of rotatable bonds is 3. The summed E-state index contributed by atoms with van der Waals surface area (Å²) in [5.74, 6) is 0. The molecule has 0 spiro atoms. The molecule has 0 aromatic carbocycles. The molecule has 0 atom stereocenters. The van der Waals surface area contributed by atoms with Crippen molar-refractivity contribution in [2.75, 3.05) is 0 Å². The highest BCUT2D eigenvalue weighted by atomic mass is 15.0. The standard InChI is InChI=1S/C12H20N2/c1-10-7-8-12(14(10)2)9-13-11-5-3-4-6-11/h7-8,11,13H,3-6,9H2,1-2H3. The molecule has 0 aliphatic heterocycles. The van der Waals surface area contributed by atoms with Gasteiger partial charge in [0.25, 0.3) is 0 Å². The minimum Gasteiger partial charge on any atom is -0.351 e. The maximum Gasteiger partial charge on any atom is 0.0361 e. The van der Waals surface area contributed by atoms with Crippen molar-refractivity contribution >= 4 is 0 Å². The Hall–Kier alpha value is -0.760. The summed E-state index contributed by atoms with van der Waals surface area (Å²) in [6, 6.07) is 5.17. The molecule has 1 aliphatic carbocycles. The Bertz CT molecular complexity index is 295. The molecule has 0 saturated heterocycles. The van der Waals surface area contributed by atoms with E-state index in [4.69, 9.17) is 0 Å². The minimum atomic E-state index is 0.769. The van der Waals surface area contributed by atoms with E-state index in [1.54, 1.807) is 0 Å². The summed E-state index contributed by atoms with van der Waals surface area (Å²) in [6.45, 7) is 3.17. The Morgan fingerprint density at radius 3 is 2.64 bits per heavy atom. The van der Waals surface area contributed by atoms with Gasteiger partial charge in [0.2, 0.25) is 0 Å². The lowest BCUT2D eigenvalue weighted by atomic mass is 10.2. The molecule has 1 aromatic heterocycles. The molecule has 78 valence electrons. The molecule has 14 heavy (non-hydrogen) atoms. The van der Waals surface area contributed by atoms with Gasteiger partial charge in [0.05, 0.1) is 0 Å². The molecule has 1 heterocycles. The van der Waals surface area contributed by atoms with E-state index in [0.29, 0.717) is 0 Å². The van der Waals surface area contributed by atoms with Gasteiger partial charge in [-0.1, -0.05) is 12.8 Å². The lowest BCUT2D eigenvalue weighted by Gasteiger charge is -2.12. The van der Waals surface area contributed by atoms with Crippen LogP contribution in [0.15, 0.2) is 12.1 Å². The van der Waals surface area contributed by atoms with Gasteiger partial charge in [-0.3, -0.25) is 0 Å². The van der Waals surface area contributed by atoms with Gasteiger partial charge in [-0.15, -0.1) is 0 Å². The second-order valence-corrected chi connectivity index (χ2v) is 4.39. The van der Waals surface area contributed by atoms with E-state index in [1.165, 1.54) is 37.1 Å². The average Bonchev–Trinajstić information content (AvgIpc) is 2.77. The average molecular weight is 192 g/mol. The first-order valence-corrected chi connectivity index (χ1v) is 5.62. The molecule has 1 aliphatic rings. The Morgan fingerprint density at radius 2 is 2.07 bits per heavy atom. The van der Waals surface area contributed by atoms with Crippen LogP contribution in [-0.4, -0.2) is 10.6 Å². The summed E-state index contributed by atoms with van der Waals surface area (Å²) in [6.07, 6.45) is 5.54. The predicted octanol–water partition coefficient (Wildman–Crippen LogP) is 2.37. The molecule has 1 saturated carbocycles. The fourth-order valence-corrected chi connectivity index (χ4v) is 2.22. The maximum absolute atomic E-state index is 3.63. The second-order valence-electron chi connectivity index (χ2n) is 4.39. The highest BCUT2D eigenvalue weighted by Gasteiger charge is 2.14. The molecule has 1 aromatic rings. The first-order chi connectivity index (χ1) is 6.77. The lowest BCUT2D eigenvalue weighted by Crippen LogP contribution is -2.26. The Balaban J connectivity index is 1.88. The van der Waals surface area contributed by atoms with Crippen LogP contribution in [0, 0.1) is 6.92 Å². The monoisotopic (exact) mass is 192 g/mol. The third-order valence-electron chi connectivity index (χ3n) is 3.40. The molecule has 0 radical (unpaired) electrons. The van der Waals surface area contributed by atoms with Gasteiger partial charge in [0.1, 0.15) is 0 Å². The van der Waals surface area contributed by atoms with Gasteiger partial charge >= 0.3 is 0 Å². The second kappa shape index (κ2) is 4.18. The van der Waals surface area contributed by atoms with E-state index < -0.39 is 0 Å². The molecular formula is C12H20N2. The van der Waals surface area contributed by atoms with Crippen LogP contribution < -0.4 is 5.32 Å². The van der Waals surface area contributed by atoms with Crippen molar-refractivity contribution in [3.63, 3.8) is 0 Å². The number of aryl methyl sites for hydroxylation is 1. The van der Waals surface area contributed by atoms with Gasteiger partial charge in [-0.2, -0.15) is 0 Å². The van der Waals surface area contributed by atoms with E-state index in [0.717, 1.165) is 12.6 Å². The molecule has 1 N–H and O–H groups in total. The van der Waals surface area contributed by atoms with E-state index in [1.807, 2.05) is 0 Å². The summed E-state index contributed by atoms with van der Waals surface area (Å²) in [5, 5.41) is 3.63. The predicted molar refractivity (Wildman–Crippen MR) is 59.2 cm³/mol. The van der Waals surface area contributed by atoms with Gasteiger partial charge in [0.15, 0.2) is 0 Å². The van der Waals surface area contributed by atoms with E-state index >= 15 is 0 Å². The van der Waals surface area contributed by atoms with Gasteiger partial charge in [-0.05, 0) is 31.9 Å². The van der Waals surface area contributed by atoms with E-state index in [9.17, 15) is 0 Å². The fraction of sp³-hybridized carbons (Fsp3) is 0.667. The van der Waals surface area contributed by atoms with Crippen LogP contribution in [0.5, 0.6) is 0 Å². The van der Waals surface area contributed by atoms with Crippen LogP contribution in [0.25, 0.3) is 0 Å². The van der Waals surface area contributed by atoms with Crippen LogP contribution in [0.3, 0.4) is 0 Å². The number of nitrogens with zero attached hydrogens (tertiary/aromatic N) is 1. The first-order valence-electron chi connectivity index (χ1n) is 5.62. The van der Waals surface area contributed by atoms with Crippen molar-refractivity contribution in [2.24, 2.45) is 7.05 Å². The highest BCUT2D eigenvalue weighted by Crippen LogP contribution is 2.18. The Labute approximate surface area is 86.3 Å². The minimum absolute atomic E-state index is 0.769. The van der Waals surface area contributed by atoms with Crippen molar-refractivity contribution in [1.82, 2.24) is 9.88 Å².